The van der Waals surface area contributed by atoms with Crippen LogP contribution >= 0.6 is 0 Å². The summed E-state index contributed by atoms with van der Waals surface area (Å²) < 4.78 is 171. The Morgan fingerprint density at radius 3 is 1.28 bits per heavy atom. The van der Waals surface area contributed by atoms with E-state index in [4.69, 9.17) is 0 Å². The fourth-order valence-corrected chi connectivity index (χ4v) is 2.43. The number of carbonyl (C=O) groups is 2. The smallest absolute Gasteiger partial charge is 0.269 e. The van der Waals surface area contributed by atoms with E-state index in [-0.39, 0.29) is 12.1 Å². The maximum Gasteiger partial charge on any atom is 0.460 e. The molecule has 2 rings (SSSR count). The molecule has 0 unspecified atom stereocenters. The van der Waals surface area contributed by atoms with Crippen molar-refractivity contribution in [2.75, 3.05) is 4.90 Å². The van der Waals surface area contributed by atoms with Crippen LogP contribution in [-0.2, 0) is 15.5 Å². The summed E-state index contributed by atoms with van der Waals surface area (Å²) >= 11 is 0. The first-order valence-corrected chi connectivity index (χ1v) is 7.77. The summed E-state index contributed by atoms with van der Waals surface area (Å²) in [6.45, 7) is 0. The van der Waals surface area contributed by atoms with Gasteiger partial charge in [0.1, 0.15) is 0 Å². The fraction of sp³-hybridized carbons (Fsp3) is 0.375. The summed E-state index contributed by atoms with van der Waals surface area (Å²) in [5, 5.41) is 0. The Balaban J connectivity index is 2.50. The van der Waals surface area contributed by atoms with Gasteiger partial charge in [-0.25, -0.2) is 4.90 Å². The molecule has 0 radical (unpaired) electrons. The minimum atomic E-state index is -7.99. The molecule has 0 atom stereocenters. The molecule has 1 aliphatic rings. The molecule has 0 bridgehead atoms. The van der Waals surface area contributed by atoms with E-state index in [1.165, 1.54) is 0 Å². The zero-order valence-corrected chi connectivity index (χ0v) is 14.6. The molecular formula is C16H6F13NO2. The Morgan fingerprint density at radius 1 is 0.531 bits per heavy atom. The largest absolute Gasteiger partial charge is 0.460 e. The van der Waals surface area contributed by atoms with Gasteiger partial charge in [0.05, 0.1) is 5.69 Å². The van der Waals surface area contributed by atoms with E-state index in [0.29, 0.717) is 29.2 Å². The third-order valence-corrected chi connectivity index (χ3v) is 4.23. The molecule has 0 fully saturated rings. The highest BCUT2D eigenvalue weighted by atomic mass is 19.4. The molecule has 16 heteroatoms. The van der Waals surface area contributed by atoms with E-state index in [1.54, 1.807) is 0 Å². The predicted molar refractivity (Wildman–Crippen MR) is 77.8 cm³/mol. The highest BCUT2D eigenvalue weighted by Crippen LogP contribution is 2.62. The second-order valence-corrected chi connectivity index (χ2v) is 6.26. The van der Waals surface area contributed by atoms with Crippen molar-refractivity contribution in [3.8, 4) is 0 Å². The fourth-order valence-electron chi connectivity index (χ4n) is 2.43. The average Bonchev–Trinajstić information content (AvgIpc) is 2.98. The Bertz CT molecular complexity index is 930. The van der Waals surface area contributed by atoms with Crippen molar-refractivity contribution in [1.82, 2.24) is 0 Å². The molecule has 0 aliphatic carbocycles. The zero-order chi connectivity index (χ0) is 25.1. The van der Waals surface area contributed by atoms with Crippen LogP contribution in [0.15, 0.2) is 36.4 Å². The minimum absolute atomic E-state index is 0.141. The minimum Gasteiger partial charge on any atom is -0.269 e. The van der Waals surface area contributed by atoms with Gasteiger partial charge in [0, 0.05) is 17.7 Å². The molecule has 0 N–H and O–H groups in total. The standard InChI is InChI=1S/C16H6F13NO2/c17-11(18,7-1-3-8(4-2-7)30-9(31)5-6-10(30)32)12(19,20)13(21,22)14(23,24)15(25,26)16(27,28)29/h1-6H. The van der Waals surface area contributed by atoms with Crippen molar-refractivity contribution in [2.45, 2.75) is 35.8 Å². The second-order valence-electron chi connectivity index (χ2n) is 6.26. The number of rotatable bonds is 6. The van der Waals surface area contributed by atoms with Crippen LogP contribution in [0.2, 0.25) is 0 Å². The van der Waals surface area contributed by atoms with Gasteiger partial charge in [-0.15, -0.1) is 0 Å². The van der Waals surface area contributed by atoms with Crippen LogP contribution in [0, 0.1) is 0 Å². The molecule has 0 spiro atoms. The number of carbonyl (C=O) groups excluding carboxylic acids is 2. The summed E-state index contributed by atoms with van der Waals surface area (Å²) in [6, 6.07) is 0.363. The van der Waals surface area contributed by atoms with Crippen LogP contribution in [0.4, 0.5) is 62.8 Å². The molecule has 0 aromatic heterocycles. The number of hydrogen-bond donors (Lipinski definition) is 0. The Morgan fingerprint density at radius 2 is 0.906 bits per heavy atom. The molecule has 32 heavy (non-hydrogen) atoms. The molecule has 1 aromatic carbocycles. The van der Waals surface area contributed by atoms with Gasteiger partial charge >= 0.3 is 35.8 Å². The van der Waals surface area contributed by atoms with Gasteiger partial charge in [-0.2, -0.15) is 57.1 Å². The number of halogens is 13. The Hall–Kier alpha value is -2.81. The SMILES string of the molecule is O=C1C=CC(=O)N1c1ccc(C(F)(F)C(F)(F)C(F)(F)C(F)(F)C(F)(F)C(F)(F)F)cc1. The zero-order valence-electron chi connectivity index (χ0n) is 14.6. The van der Waals surface area contributed by atoms with Crippen LogP contribution < -0.4 is 4.90 Å². The quantitative estimate of drug-likeness (QED) is 0.400. The van der Waals surface area contributed by atoms with Gasteiger partial charge < -0.3 is 0 Å². The van der Waals surface area contributed by atoms with Crippen LogP contribution in [0.25, 0.3) is 0 Å². The van der Waals surface area contributed by atoms with Crippen molar-refractivity contribution in [2.24, 2.45) is 0 Å². The molecule has 0 saturated heterocycles. The summed E-state index contributed by atoms with van der Waals surface area (Å²) in [4.78, 5) is 23.2. The first-order valence-electron chi connectivity index (χ1n) is 7.77. The average molecular weight is 491 g/mol. The molecule has 0 saturated carbocycles. The van der Waals surface area contributed by atoms with Crippen LogP contribution in [-0.4, -0.2) is 41.7 Å². The van der Waals surface area contributed by atoms with Gasteiger partial charge in [0.15, 0.2) is 0 Å². The lowest BCUT2D eigenvalue weighted by molar-refractivity contribution is -0.441. The third-order valence-electron chi connectivity index (χ3n) is 4.23. The van der Waals surface area contributed by atoms with Gasteiger partial charge in [0.25, 0.3) is 11.8 Å². The van der Waals surface area contributed by atoms with Crippen LogP contribution in [0.5, 0.6) is 0 Å². The van der Waals surface area contributed by atoms with Crippen molar-refractivity contribution in [1.29, 1.82) is 0 Å². The first kappa shape index (κ1) is 25.5. The Kier molecular flexibility index (Phi) is 5.64. The topological polar surface area (TPSA) is 37.4 Å². The highest BCUT2D eigenvalue weighted by molar-refractivity contribution is 6.28. The van der Waals surface area contributed by atoms with Crippen molar-refractivity contribution in [3.63, 3.8) is 0 Å². The van der Waals surface area contributed by atoms with E-state index >= 15 is 0 Å². The number of imide groups is 1. The number of nitrogens with zero attached hydrogens (tertiary/aromatic N) is 1. The van der Waals surface area contributed by atoms with Crippen LogP contribution in [0.3, 0.4) is 0 Å². The number of hydrogen-bond acceptors (Lipinski definition) is 2. The lowest BCUT2D eigenvalue weighted by Crippen LogP contribution is -2.69. The molecule has 1 heterocycles. The molecule has 1 aliphatic heterocycles. The van der Waals surface area contributed by atoms with E-state index in [2.05, 4.69) is 0 Å². The molecule has 1 aromatic rings. The monoisotopic (exact) mass is 491 g/mol. The van der Waals surface area contributed by atoms with Gasteiger partial charge in [0.2, 0.25) is 0 Å². The van der Waals surface area contributed by atoms with Gasteiger partial charge in [-0.05, 0) is 12.1 Å². The number of anilines is 1. The number of alkyl halides is 13. The summed E-state index contributed by atoms with van der Waals surface area (Å²) in [5.74, 6) is -39.7. The normalized spacial score (nSPS) is 16.8. The molecule has 2 amide bonds. The first-order chi connectivity index (χ1) is 14.1. The molecular weight excluding hydrogens is 485 g/mol. The summed E-state index contributed by atoms with van der Waals surface area (Å²) in [6.07, 6.45) is -6.07. The van der Waals surface area contributed by atoms with E-state index in [1.807, 2.05) is 0 Å². The molecule has 3 nitrogen and oxygen atoms in total. The maximum absolute atomic E-state index is 14.1. The number of benzene rings is 1. The third kappa shape index (κ3) is 3.30. The summed E-state index contributed by atoms with van der Waals surface area (Å²) in [5.41, 5.74) is -2.78. The lowest BCUT2D eigenvalue weighted by Gasteiger charge is -2.39. The van der Waals surface area contributed by atoms with Crippen molar-refractivity contribution >= 4 is 17.5 Å². The summed E-state index contributed by atoms with van der Waals surface area (Å²) in [7, 11) is 0. The van der Waals surface area contributed by atoms with E-state index in [9.17, 15) is 66.7 Å². The maximum atomic E-state index is 14.1. The lowest BCUT2D eigenvalue weighted by atomic mass is 9.90. The van der Waals surface area contributed by atoms with Gasteiger partial charge in [-0.1, -0.05) is 12.1 Å². The number of amides is 2. The van der Waals surface area contributed by atoms with Crippen molar-refractivity contribution < 1.29 is 66.7 Å². The van der Waals surface area contributed by atoms with Crippen molar-refractivity contribution in [3.05, 3.63) is 42.0 Å². The predicted octanol–water partition coefficient (Wildman–Crippen LogP) is 5.31. The van der Waals surface area contributed by atoms with Gasteiger partial charge in [-0.3, -0.25) is 9.59 Å². The Labute approximate surface area is 168 Å². The van der Waals surface area contributed by atoms with E-state index in [0.717, 1.165) is 0 Å². The van der Waals surface area contributed by atoms with Crippen LogP contribution in [0.1, 0.15) is 5.56 Å². The van der Waals surface area contributed by atoms with E-state index < -0.39 is 58.9 Å². The highest BCUT2D eigenvalue weighted by Gasteiger charge is 2.90. The molecule has 178 valence electrons. The second kappa shape index (κ2) is 7.10.